The molecule has 0 aromatic heterocycles. The standard InChI is InChI=1S/C43H62N6O8/c1-28(2)17-36(42(54)56-5)46-40(52)34(20-30-13-9-7-10-14-30)44-38(50)26-48-22-32-19-33(23-48)25-49(24-32)27-39(51)45-35(21-31-15-11-8-12-16-31)41(53)47-37(18-29(3)4)43(55)57-6/h7-16,28-29,32-37H,17-27H2,1-6H3,(H,44,50)(H,45,51)(H,46,52)(H,47,53)/t32?,33?,34-,35-,36-,37-/m0/s1. The van der Waals surface area contributed by atoms with E-state index < -0.39 is 47.9 Å². The fourth-order valence-corrected chi connectivity index (χ4v) is 7.96. The summed E-state index contributed by atoms with van der Waals surface area (Å²) in [6, 6.07) is 15.4. The number of carbonyl (C=O) groups excluding carboxylic acids is 6. The van der Waals surface area contributed by atoms with E-state index in [2.05, 4.69) is 31.1 Å². The Balaban J connectivity index is 1.34. The Kier molecular flexibility index (Phi) is 17.5. The van der Waals surface area contributed by atoms with Crippen LogP contribution in [0.25, 0.3) is 0 Å². The van der Waals surface area contributed by atoms with E-state index >= 15 is 0 Å². The number of ether oxygens (including phenoxy) is 2. The molecule has 0 unspecified atom stereocenters. The highest BCUT2D eigenvalue weighted by molar-refractivity contribution is 5.92. The van der Waals surface area contributed by atoms with Crippen molar-refractivity contribution < 1.29 is 38.2 Å². The van der Waals surface area contributed by atoms with Crippen molar-refractivity contribution in [3.63, 3.8) is 0 Å². The first kappa shape index (κ1) is 44.9. The second-order valence-corrected chi connectivity index (χ2v) is 16.4. The molecule has 0 aliphatic carbocycles. The van der Waals surface area contributed by atoms with Gasteiger partial charge in [0.1, 0.15) is 24.2 Å². The van der Waals surface area contributed by atoms with Crippen LogP contribution in [-0.4, -0.2) is 123 Å². The van der Waals surface area contributed by atoms with E-state index in [0.717, 1.165) is 17.5 Å². The van der Waals surface area contributed by atoms with E-state index in [1.165, 1.54) is 14.2 Å². The van der Waals surface area contributed by atoms with Crippen molar-refractivity contribution in [1.29, 1.82) is 0 Å². The molecule has 2 saturated heterocycles. The summed E-state index contributed by atoms with van der Waals surface area (Å²) >= 11 is 0. The molecule has 2 aliphatic rings. The number of piperidine rings is 2. The molecular formula is C43H62N6O8. The topological polar surface area (TPSA) is 175 Å². The van der Waals surface area contributed by atoms with Crippen molar-refractivity contribution in [2.45, 2.75) is 84.0 Å². The van der Waals surface area contributed by atoms with Crippen molar-refractivity contribution in [3.8, 4) is 0 Å². The summed E-state index contributed by atoms with van der Waals surface area (Å²) in [4.78, 5) is 83.3. The Hall–Kier alpha value is -4.82. The molecule has 57 heavy (non-hydrogen) atoms. The molecule has 2 fully saturated rings. The molecule has 4 rings (SSSR count). The van der Waals surface area contributed by atoms with E-state index in [1.54, 1.807) is 0 Å². The number of nitrogens with one attached hydrogen (secondary N) is 4. The van der Waals surface area contributed by atoms with Crippen LogP contribution in [0.5, 0.6) is 0 Å². The molecule has 4 N–H and O–H groups in total. The van der Waals surface area contributed by atoms with E-state index in [9.17, 15) is 28.8 Å². The molecule has 312 valence electrons. The van der Waals surface area contributed by atoms with Gasteiger partial charge in [-0.3, -0.25) is 29.0 Å². The summed E-state index contributed by atoms with van der Waals surface area (Å²) in [5.41, 5.74) is 1.74. The minimum absolute atomic E-state index is 0.109. The first-order valence-electron chi connectivity index (χ1n) is 20.1. The molecule has 4 amide bonds. The minimum Gasteiger partial charge on any atom is -0.467 e. The zero-order chi connectivity index (χ0) is 41.5. The third-order valence-electron chi connectivity index (χ3n) is 10.4. The Labute approximate surface area is 337 Å². The maximum absolute atomic E-state index is 13.6. The number of carbonyl (C=O) groups is 6. The Morgan fingerprint density at radius 3 is 1.23 bits per heavy atom. The fourth-order valence-electron chi connectivity index (χ4n) is 7.96. The number of benzene rings is 2. The third-order valence-corrected chi connectivity index (χ3v) is 10.4. The molecule has 0 spiro atoms. The van der Waals surface area contributed by atoms with Crippen LogP contribution in [0.4, 0.5) is 0 Å². The van der Waals surface area contributed by atoms with Gasteiger partial charge in [-0.15, -0.1) is 0 Å². The summed E-state index contributed by atoms with van der Waals surface area (Å²) < 4.78 is 9.87. The highest BCUT2D eigenvalue weighted by atomic mass is 16.5. The van der Waals surface area contributed by atoms with Gasteiger partial charge in [-0.25, -0.2) is 9.59 Å². The zero-order valence-corrected chi connectivity index (χ0v) is 34.3. The van der Waals surface area contributed by atoms with Crippen molar-refractivity contribution in [1.82, 2.24) is 31.1 Å². The van der Waals surface area contributed by atoms with E-state index in [-0.39, 0.29) is 61.4 Å². The Bertz CT molecular complexity index is 1510. The van der Waals surface area contributed by atoms with E-state index in [0.29, 0.717) is 39.0 Å². The minimum atomic E-state index is -0.896. The summed E-state index contributed by atoms with van der Waals surface area (Å²) in [5.74, 6) is -1.83. The number of esters is 2. The number of fused-ring (bicyclic) bond motifs is 2. The number of nitrogens with zero attached hydrogens (tertiary/aromatic N) is 2. The predicted molar refractivity (Wildman–Crippen MR) is 215 cm³/mol. The quantitative estimate of drug-likeness (QED) is 0.146. The molecule has 2 aromatic rings. The summed E-state index contributed by atoms with van der Waals surface area (Å²) in [6.07, 6.45) is 2.30. The molecule has 0 radical (unpaired) electrons. The summed E-state index contributed by atoms with van der Waals surface area (Å²) in [6.45, 7) is 10.6. The van der Waals surface area contributed by atoms with Crippen molar-refractivity contribution in [3.05, 3.63) is 71.8 Å². The van der Waals surface area contributed by atoms with Crippen LogP contribution in [0, 0.1) is 23.7 Å². The van der Waals surface area contributed by atoms with E-state index in [4.69, 9.17) is 9.47 Å². The van der Waals surface area contributed by atoms with Gasteiger partial charge in [0.2, 0.25) is 23.6 Å². The Morgan fingerprint density at radius 1 is 0.561 bits per heavy atom. The lowest BCUT2D eigenvalue weighted by Gasteiger charge is -2.45. The number of methoxy groups -OCH3 is 2. The zero-order valence-electron chi connectivity index (χ0n) is 34.3. The SMILES string of the molecule is COC(=O)[C@H](CC(C)C)NC(=O)[C@H](Cc1ccccc1)NC(=O)CN1CC2CC(C1)CN(CC(=O)N[C@@H](Cc1ccccc1)C(=O)N[C@@H](CC(C)C)C(=O)OC)C2. The van der Waals surface area contributed by atoms with Crippen molar-refractivity contribution in [2.24, 2.45) is 23.7 Å². The van der Waals surface area contributed by atoms with Crippen LogP contribution in [-0.2, 0) is 51.1 Å². The molecule has 14 heteroatoms. The lowest BCUT2D eigenvalue weighted by Crippen LogP contribution is -2.58. The molecule has 2 bridgehead atoms. The maximum atomic E-state index is 13.6. The largest absolute Gasteiger partial charge is 0.467 e. The maximum Gasteiger partial charge on any atom is 0.328 e. The van der Waals surface area contributed by atoms with Crippen LogP contribution < -0.4 is 21.3 Å². The number of likely N-dealkylation sites (tertiary alicyclic amines) is 2. The van der Waals surface area contributed by atoms with Gasteiger partial charge in [-0.05, 0) is 54.1 Å². The molecule has 2 aromatic carbocycles. The monoisotopic (exact) mass is 790 g/mol. The molecular weight excluding hydrogens is 729 g/mol. The van der Waals surface area contributed by atoms with Crippen LogP contribution in [0.1, 0.15) is 58.1 Å². The molecule has 4 atom stereocenters. The van der Waals surface area contributed by atoms with Crippen molar-refractivity contribution >= 4 is 35.6 Å². The van der Waals surface area contributed by atoms with Crippen molar-refractivity contribution in [2.75, 3.05) is 53.5 Å². The Morgan fingerprint density at radius 2 is 0.912 bits per heavy atom. The lowest BCUT2D eigenvalue weighted by atomic mass is 9.84. The highest BCUT2D eigenvalue weighted by Gasteiger charge is 2.37. The van der Waals surface area contributed by atoms with Gasteiger partial charge in [0.15, 0.2) is 0 Å². The average molecular weight is 791 g/mol. The number of amides is 4. The van der Waals surface area contributed by atoms with Crippen LogP contribution in [0.2, 0.25) is 0 Å². The summed E-state index contributed by atoms with van der Waals surface area (Å²) in [5, 5.41) is 11.5. The molecule has 2 aliphatic heterocycles. The van der Waals surface area contributed by atoms with Gasteiger partial charge in [0, 0.05) is 39.0 Å². The third kappa shape index (κ3) is 14.9. The number of hydrogen-bond acceptors (Lipinski definition) is 10. The summed E-state index contributed by atoms with van der Waals surface area (Å²) in [7, 11) is 2.57. The van der Waals surface area contributed by atoms with Gasteiger partial charge in [-0.1, -0.05) is 88.4 Å². The molecule has 2 heterocycles. The van der Waals surface area contributed by atoms with Gasteiger partial charge in [0.25, 0.3) is 0 Å². The molecule has 14 nitrogen and oxygen atoms in total. The lowest BCUT2D eigenvalue weighted by molar-refractivity contribution is -0.146. The van der Waals surface area contributed by atoms with Crippen LogP contribution in [0.3, 0.4) is 0 Å². The first-order chi connectivity index (χ1) is 27.2. The number of hydrogen-bond donors (Lipinski definition) is 4. The second kappa shape index (κ2) is 22.2. The van der Waals surface area contributed by atoms with Crippen LogP contribution in [0.15, 0.2) is 60.7 Å². The van der Waals surface area contributed by atoms with Gasteiger partial charge in [-0.2, -0.15) is 0 Å². The van der Waals surface area contributed by atoms with Gasteiger partial charge < -0.3 is 30.7 Å². The molecule has 0 saturated carbocycles. The second-order valence-electron chi connectivity index (χ2n) is 16.4. The fraction of sp³-hybridized carbons (Fsp3) is 0.581. The first-order valence-corrected chi connectivity index (χ1v) is 20.1. The predicted octanol–water partition coefficient (Wildman–Crippen LogP) is 2.10. The highest BCUT2D eigenvalue weighted by Crippen LogP contribution is 2.28. The van der Waals surface area contributed by atoms with Gasteiger partial charge >= 0.3 is 11.9 Å². The average Bonchev–Trinajstić information content (AvgIpc) is 3.16. The smallest absolute Gasteiger partial charge is 0.328 e. The normalized spacial score (nSPS) is 19.1. The van der Waals surface area contributed by atoms with E-state index in [1.807, 2.05) is 88.4 Å². The number of rotatable bonds is 20. The van der Waals surface area contributed by atoms with Crippen LogP contribution >= 0.6 is 0 Å². The van der Waals surface area contributed by atoms with Gasteiger partial charge in [0.05, 0.1) is 27.3 Å².